The average Bonchev–Trinajstić information content (AvgIpc) is 2.52. The van der Waals surface area contributed by atoms with Crippen LogP contribution in [0.15, 0.2) is 36.5 Å². The van der Waals surface area contributed by atoms with Crippen molar-refractivity contribution in [1.29, 1.82) is 0 Å². The number of para-hydroxylation sites is 1. The number of rotatable bonds is 7. The van der Waals surface area contributed by atoms with E-state index in [4.69, 9.17) is 5.73 Å². The van der Waals surface area contributed by atoms with Gasteiger partial charge in [0.05, 0.1) is 11.1 Å². The number of pyridine rings is 1. The molecule has 0 spiro atoms. The molecule has 0 saturated heterocycles. The minimum absolute atomic E-state index is 0.0579. The highest BCUT2D eigenvalue weighted by molar-refractivity contribution is 6.05. The van der Waals surface area contributed by atoms with E-state index in [2.05, 4.69) is 17.2 Å². The summed E-state index contributed by atoms with van der Waals surface area (Å²) in [5, 5.41) is 4.01. The fourth-order valence-electron chi connectivity index (χ4n) is 2.61. The maximum Gasteiger partial charge on any atom is 0.253 e. The molecule has 1 atom stereocenters. The lowest BCUT2D eigenvalue weighted by atomic mass is 9.99. The van der Waals surface area contributed by atoms with Gasteiger partial charge < -0.3 is 11.1 Å². The second kappa shape index (κ2) is 7.74. The van der Waals surface area contributed by atoms with Gasteiger partial charge in [-0.25, -0.2) is 0 Å². The minimum atomic E-state index is -0.0579. The van der Waals surface area contributed by atoms with Crippen LogP contribution < -0.4 is 11.1 Å². The van der Waals surface area contributed by atoms with Crippen LogP contribution in [-0.2, 0) is 0 Å². The predicted molar refractivity (Wildman–Crippen MR) is 86.1 cm³/mol. The van der Waals surface area contributed by atoms with Crippen LogP contribution in [0.5, 0.6) is 0 Å². The molecule has 0 aliphatic heterocycles. The Morgan fingerprint density at radius 3 is 2.86 bits per heavy atom. The summed E-state index contributed by atoms with van der Waals surface area (Å²) in [6.07, 6.45) is 4.86. The van der Waals surface area contributed by atoms with Crippen LogP contribution in [0, 0.1) is 5.92 Å². The van der Waals surface area contributed by atoms with Crippen LogP contribution in [0.2, 0.25) is 0 Å². The Labute approximate surface area is 125 Å². The lowest BCUT2D eigenvalue weighted by molar-refractivity contribution is 0.0947. The van der Waals surface area contributed by atoms with Gasteiger partial charge >= 0.3 is 0 Å². The Hall–Kier alpha value is -1.94. The normalized spacial score (nSPS) is 12.3. The van der Waals surface area contributed by atoms with Crippen molar-refractivity contribution in [2.24, 2.45) is 11.7 Å². The second-order valence-electron chi connectivity index (χ2n) is 5.32. The van der Waals surface area contributed by atoms with Crippen molar-refractivity contribution < 1.29 is 4.79 Å². The predicted octanol–water partition coefficient (Wildman–Crippen LogP) is 2.73. The molecule has 1 amide bonds. The third-order valence-electron chi connectivity index (χ3n) is 3.70. The van der Waals surface area contributed by atoms with Gasteiger partial charge in [0.2, 0.25) is 0 Å². The summed E-state index contributed by atoms with van der Waals surface area (Å²) >= 11 is 0. The molecular weight excluding hydrogens is 262 g/mol. The van der Waals surface area contributed by atoms with Crippen LogP contribution in [-0.4, -0.2) is 24.0 Å². The van der Waals surface area contributed by atoms with E-state index in [1.807, 2.05) is 30.3 Å². The summed E-state index contributed by atoms with van der Waals surface area (Å²) in [4.78, 5) is 16.7. The SMILES string of the molecule is CCCC(CCN)CNC(=O)c1cccc2cccnc12. The van der Waals surface area contributed by atoms with Crippen LogP contribution in [0.4, 0.5) is 0 Å². The molecule has 0 bridgehead atoms. The summed E-state index contributed by atoms with van der Waals surface area (Å²) < 4.78 is 0. The molecule has 21 heavy (non-hydrogen) atoms. The number of nitrogens with two attached hydrogens (primary N) is 1. The molecule has 0 aliphatic rings. The Kier molecular flexibility index (Phi) is 5.69. The maximum absolute atomic E-state index is 12.4. The van der Waals surface area contributed by atoms with E-state index in [0.29, 0.717) is 24.6 Å². The van der Waals surface area contributed by atoms with Crippen molar-refractivity contribution in [2.45, 2.75) is 26.2 Å². The second-order valence-corrected chi connectivity index (χ2v) is 5.32. The van der Waals surface area contributed by atoms with Gasteiger partial charge in [-0.3, -0.25) is 9.78 Å². The van der Waals surface area contributed by atoms with E-state index in [9.17, 15) is 4.79 Å². The molecule has 0 aliphatic carbocycles. The van der Waals surface area contributed by atoms with Crippen LogP contribution in [0.1, 0.15) is 36.5 Å². The zero-order chi connectivity index (χ0) is 15.1. The Morgan fingerprint density at radius 2 is 2.10 bits per heavy atom. The number of carbonyl (C=O) groups is 1. The van der Waals surface area contributed by atoms with Crippen LogP contribution >= 0.6 is 0 Å². The number of fused-ring (bicyclic) bond motifs is 1. The quantitative estimate of drug-likeness (QED) is 0.822. The van der Waals surface area contributed by atoms with Crippen molar-refractivity contribution in [1.82, 2.24) is 10.3 Å². The molecule has 0 fully saturated rings. The zero-order valence-electron chi connectivity index (χ0n) is 12.5. The molecule has 1 aromatic heterocycles. The van der Waals surface area contributed by atoms with Gasteiger partial charge in [-0.1, -0.05) is 31.5 Å². The van der Waals surface area contributed by atoms with E-state index < -0.39 is 0 Å². The monoisotopic (exact) mass is 285 g/mol. The largest absolute Gasteiger partial charge is 0.352 e. The fraction of sp³-hybridized carbons (Fsp3) is 0.412. The maximum atomic E-state index is 12.4. The van der Waals surface area contributed by atoms with Gasteiger partial charge in [0, 0.05) is 18.1 Å². The molecule has 2 aromatic rings. The first-order valence-electron chi connectivity index (χ1n) is 7.58. The summed E-state index contributed by atoms with van der Waals surface area (Å²) in [5.41, 5.74) is 7.02. The van der Waals surface area contributed by atoms with Gasteiger partial charge in [0.1, 0.15) is 0 Å². The molecule has 0 saturated carbocycles. The summed E-state index contributed by atoms with van der Waals surface area (Å²) in [6.45, 7) is 3.49. The van der Waals surface area contributed by atoms with Gasteiger partial charge in [0.15, 0.2) is 0 Å². The van der Waals surface area contributed by atoms with E-state index in [0.717, 1.165) is 30.2 Å². The first kappa shape index (κ1) is 15.4. The van der Waals surface area contributed by atoms with Crippen molar-refractivity contribution in [3.8, 4) is 0 Å². The molecule has 4 heteroatoms. The van der Waals surface area contributed by atoms with Gasteiger partial charge in [0.25, 0.3) is 5.91 Å². The molecule has 3 N–H and O–H groups in total. The smallest absolute Gasteiger partial charge is 0.253 e. The lowest BCUT2D eigenvalue weighted by Crippen LogP contribution is -2.30. The molecule has 2 rings (SSSR count). The highest BCUT2D eigenvalue weighted by Gasteiger charge is 2.13. The van der Waals surface area contributed by atoms with Crippen molar-refractivity contribution in [3.63, 3.8) is 0 Å². The highest BCUT2D eigenvalue weighted by atomic mass is 16.1. The minimum Gasteiger partial charge on any atom is -0.352 e. The number of amides is 1. The highest BCUT2D eigenvalue weighted by Crippen LogP contribution is 2.16. The molecule has 112 valence electrons. The molecule has 1 aromatic carbocycles. The molecular formula is C17H23N3O. The van der Waals surface area contributed by atoms with Gasteiger partial charge in [-0.2, -0.15) is 0 Å². The molecule has 1 unspecified atom stereocenters. The summed E-state index contributed by atoms with van der Waals surface area (Å²) in [6, 6.07) is 9.52. The topological polar surface area (TPSA) is 68.0 Å². The first-order chi connectivity index (χ1) is 10.3. The van der Waals surface area contributed by atoms with Crippen LogP contribution in [0.25, 0.3) is 10.9 Å². The van der Waals surface area contributed by atoms with E-state index in [-0.39, 0.29) is 5.91 Å². The van der Waals surface area contributed by atoms with Crippen molar-refractivity contribution >= 4 is 16.8 Å². The van der Waals surface area contributed by atoms with Gasteiger partial charge in [-0.15, -0.1) is 0 Å². The number of carbonyl (C=O) groups excluding carboxylic acids is 1. The number of benzene rings is 1. The lowest BCUT2D eigenvalue weighted by Gasteiger charge is -2.16. The molecule has 1 heterocycles. The Balaban J connectivity index is 2.08. The average molecular weight is 285 g/mol. The number of hydrogen-bond donors (Lipinski definition) is 2. The zero-order valence-corrected chi connectivity index (χ0v) is 12.5. The Bertz CT molecular complexity index is 586. The first-order valence-corrected chi connectivity index (χ1v) is 7.58. The number of nitrogens with zero attached hydrogens (tertiary/aromatic N) is 1. The van der Waals surface area contributed by atoms with Gasteiger partial charge in [-0.05, 0) is 37.4 Å². The number of hydrogen-bond acceptors (Lipinski definition) is 3. The third kappa shape index (κ3) is 4.02. The fourth-order valence-corrected chi connectivity index (χ4v) is 2.61. The standard InChI is InChI=1S/C17H23N3O/c1-2-5-13(9-10-18)12-20-17(21)15-8-3-6-14-7-4-11-19-16(14)15/h3-4,6-8,11,13H,2,5,9-10,12,18H2,1H3,(H,20,21). The summed E-state index contributed by atoms with van der Waals surface area (Å²) in [5.74, 6) is 0.393. The number of nitrogens with one attached hydrogen (secondary N) is 1. The van der Waals surface area contributed by atoms with E-state index in [1.54, 1.807) is 6.20 Å². The van der Waals surface area contributed by atoms with Crippen LogP contribution in [0.3, 0.4) is 0 Å². The van der Waals surface area contributed by atoms with Crippen molar-refractivity contribution in [3.05, 3.63) is 42.1 Å². The number of aromatic nitrogens is 1. The Morgan fingerprint density at radius 1 is 1.29 bits per heavy atom. The van der Waals surface area contributed by atoms with E-state index >= 15 is 0 Å². The van der Waals surface area contributed by atoms with E-state index in [1.165, 1.54) is 0 Å². The molecule has 4 nitrogen and oxygen atoms in total. The van der Waals surface area contributed by atoms with Crippen molar-refractivity contribution in [2.75, 3.05) is 13.1 Å². The summed E-state index contributed by atoms with van der Waals surface area (Å²) in [7, 11) is 0. The third-order valence-corrected chi connectivity index (χ3v) is 3.70. The molecule has 0 radical (unpaired) electrons.